The second-order valence-corrected chi connectivity index (χ2v) is 5.12. The van der Waals surface area contributed by atoms with Crippen LogP contribution in [-0.4, -0.2) is 36.4 Å². The monoisotopic (exact) mass is 313 g/mol. The molecule has 0 saturated heterocycles. The number of nitrogen functional groups attached to an aromatic ring is 1. The van der Waals surface area contributed by atoms with Crippen molar-refractivity contribution in [3.8, 4) is 0 Å². The molecule has 9 nitrogen and oxygen atoms in total. The molecular formula is C14H15N7O2. The highest BCUT2D eigenvalue weighted by molar-refractivity contribution is 5.92. The van der Waals surface area contributed by atoms with Crippen molar-refractivity contribution in [2.45, 2.75) is 20.4 Å². The number of anilines is 2. The van der Waals surface area contributed by atoms with Crippen LogP contribution in [0, 0.1) is 6.92 Å². The Kier molecular flexibility index (Phi) is 3.53. The molecule has 3 N–H and O–H groups in total. The van der Waals surface area contributed by atoms with E-state index >= 15 is 0 Å². The Hall–Kier alpha value is -3.23. The lowest BCUT2D eigenvalue weighted by Crippen LogP contribution is -2.19. The second-order valence-electron chi connectivity index (χ2n) is 5.12. The number of hydrogen-bond donors (Lipinski definition) is 2. The summed E-state index contributed by atoms with van der Waals surface area (Å²) in [5.41, 5.74) is 7.68. The molecule has 23 heavy (non-hydrogen) atoms. The fourth-order valence-electron chi connectivity index (χ4n) is 2.35. The molecule has 0 atom stereocenters. The average molecular weight is 313 g/mol. The van der Waals surface area contributed by atoms with Gasteiger partial charge in [-0.15, -0.1) is 5.10 Å². The predicted octanol–water partition coefficient (Wildman–Crippen LogP) is 0.817. The Morgan fingerprint density at radius 3 is 2.87 bits per heavy atom. The number of aromatic nitrogens is 5. The molecule has 0 unspecified atom stereocenters. The van der Waals surface area contributed by atoms with Gasteiger partial charge >= 0.3 is 0 Å². The van der Waals surface area contributed by atoms with Crippen molar-refractivity contribution in [2.24, 2.45) is 0 Å². The summed E-state index contributed by atoms with van der Waals surface area (Å²) in [6.45, 7) is 3.08. The van der Waals surface area contributed by atoms with E-state index in [0.29, 0.717) is 28.4 Å². The first-order chi connectivity index (χ1) is 10.9. The van der Waals surface area contributed by atoms with Gasteiger partial charge in [0.15, 0.2) is 5.82 Å². The number of hydrogen-bond acceptors (Lipinski definition) is 6. The van der Waals surface area contributed by atoms with Gasteiger partial charge in [0.05, 0.1) is 17.2 Å². The standard InChI is InChI=1S/C14H15N7O2/c1-8-16-11-4-3-10(15)5-12(11)21(8)14(23)7-20-6-13(18-19-20)17-9(2)22/h3-6H,7,15H2,1-2H3,(H,17,22). The maximum Gasteiger partial charge on any atom is 0.254 e. The highest BCUT2D eigenvalue weighted by Gasteiger charge is 2.16. The summed E-state index contributed by atoms with van der Waals surface area (Å²) >= 11 is 0. The molecule has 2 aromatic heterocycles. The minimum atomic E-state index is -0.254. The van der Waals surface area contributed by atoms with E-state index < -0.39 is 0 Å². The Morgan fingerprint density at radius 1 is 1.35 bits per heavy atom. The Labute approximate surface area is 131 Å². The summed E-state index contributed by atoms with van der Waals surface area (Å²) in [4.78, 5) is 27.9. The molecule has 1 amide bonds. The van der Waals surface area contributed by atoms with Crippen LogP contribution in [-0.2, 0) is 11.3 Å². The number of benzene rings is 1. The first-order valence-corrected chi connectivity index (χ1v) is 6.89. The number of imidazole rings is 1. The van der Waals surface area contributed by atoms with Crippen LogP contribution in [0.25, 0.3) is 11.0 Å². The van der Waals surface area contributed by atoms with Crippen molar-refractivity contribution in [2.75, 3.05) is 11.1 Å². The van der Waals surface area contributed by atoms with Crippen molar-refractivity contribution in [3.63, 3.8) is 0 Å². The number of amides is 1. The van der Waals surface area contributed by atoms with E-state index in [-0.39, 0.29) is 18.4 Å². The molecule has 0 fully saturated rings. The number of carbonyl (C=O) groups is 2. The first-order valence-electron chi connectivity index (χ1n) is 6.89. The zero-order valence-corrected chi connectivity index (χ0v) is 12.6. The third kappa shape index (κ3) is 2.89. The van der Waals surface area contributed by atoms with Gasteiger partial charge in [0.2, 0.25) is 5.91 Å². The maximum atomic E-state index is 12.6. The summed E-state index contributed by atoms with van der Waals surface area (Å²) in [6.07, 6.45) is 1.49. The van der Waals surface area contributed by atoms with Crippen LogP contribution >= 0.6 is 0 Å². The molecule has 3 rings (SSSR count). The summed E-state index contributed by atoms with van der Waals surface area (Å²) in [6, 6.07) is 5.21. The third-order valence-corrected chi connectivity index (χ3v) is 3.24. The van der Waals surface area contributed by atoms with E-state index in [1.54, 1.807) is 25.1 Å². The van der Waals surface area contributed by atoms with Crippen LogP contribution in [0.15, 0.2) is 24.4 Å². The molecule has 0 bridgehead atoms. The average Bonchev–Trinajstić information content (AvgIpc) is 3.01. The molecule has 118 valence electrons. The number of nitrogens with one attached hydrogen (secondary N) is 1. The number of fused-ring (bicyclic) bond motifs is 1. The van der Waals surface area contributed by atoms with Crippen LogP contribution in [0.3, 0.4) is 0 Å². The second kappa shape index (κ2) is 5.52. The number of aryl methyl sites for hydroxylation is 1. The number of nitrogens with zero attached hydrogens (tertiary/aromatic N) is 5. The van der Waals surface area contributed by atoms with Crippen LogP contribution in [0.5, 0.6) is 0 Å². The molecule has 0 aliphatic carbocycles. The predicted molar refractivity (Wildman–Crippen MR) is 83.8 cm³/mol. The molecule has 0 spiro atoms. The van der Waals surface area contributed by atoms with Crippen molar-refractivity contribution in [3.05, 3.63) is 30.2 Å². The fraction of sp³-hybridized carbons (Fsp3) is 0.214. The van der Waals surface area contributed by atoms with Gasteiger partial charge in [-0.05, 0) is 25.1 Å². The van der Waals surface area contributed by atoms with Crippen LogP contribution < -0.4 is 11.1 Å². The summed E-state index contributed by atoms with van der Waals surface area (Å²) in [5, 5.41) is 10.1. The van der Waals surface area contributed by atoms with Gasteiger partial charge in [-0.1, -0.05) is 5.21 Å². The summed E-state index contributed by atoms with van der Waals surface area (Å²) in [5.74, 6) is 0.379. The fourth-order valence-corrected chi connectivity index (χ4v) is 2.35. The lowest BCUT2D eigenvalue weighted by Gasteiger charge is -2.05. The molecular weight excluding hydrogens is 298 g/mol. The summed E-state index contributed by atoms with van der Waals surface area (Å²) < 4.78 is 2.84. The van der Waals surface area contributed by atoms with E-state index in [1.165, 1.54) is 22.4 Å². The number of rotatable bonds is 3. The highest BCUT2D eigenvalue weighted by Crippen LogP contribution is 2.19. The van der Waals surface area contributed by atoms with E-state index in [1.807, 2.05) is 0 Å². The number of carbonyl (C=O) groups excluding carboxylic acids is 2. The van der Waals surface area contributed by atoms with Crippen molar-refractivity contribution in [1.29, 1.82) is 0 Å². The van der Waals surface area contributed by atoms with Crippen LogP contribution in [0.4, 0.5) is 11.5 Å². The van der Waals surface area contributed by atoms with Crippen LogP contribution in [0.2, 0.25) is 0 Å². The van der Waals surface area contributed by atoms with Gasteiger partial charge in [-0.25, -0.2) is 9.67 Å². The highest BCUT2D eigenvalue weighted by atomic mass is 16.2. The van der Waals surface area contributed by atoms with Gasteiger partial charge in [-0.2, -0.15) is 0 Å². The quantitative estimate of drug-likeness (QED) is 0.690. The van der Waals surface area contributed by atoms with Gasteiger partial charge in [0, 0.05) is 12.6 Å². The third-order valence-electron chi connectivity index (χ3n) is 3.24. The molecule has 9 heteroatoms. The van der Waals surface area contributed by atoms with Crippen molar-refractivity contribution < 1.29 is 9.59 Å². The molecule has 0 radical (unpaired) electrons. The molecule has 1 aromatic carbocycles. The zero-order valence-electron chi connectivity index (χ0n) is 12.6. The largest absolute Gasteiger partial charge is 0.399 e. The molecule has 0 saturated carbocycles. The SMILES string of the molecule is CC(=O)Nc1cn(CC(=O)n2c(C)nc3ccc(N)cc32)nn1. The minimum absolute atomic E-state index is 0.0340. The lowest BCUT2D eigenvalue weighted by atomic mass is 10.3. The number of nitrogens with two attached hydrogens (primary N) is 1. The zero-order chi connectivity index (χ0) is 16.6. The normalized spacial score (nSPS) is 10.9. The summed E-state index contributed by atoms with van der Waals surface area (Å²) in [7, 11) is 0. The van der Waals surface area contributed by atoms with Gasteiger partial charge in [0.25, 0.3) is 5.91 Å². The topological polar surface area (TPSA) is 121 Å². The van der Waals surface area contributed by atoms with E-state index in [4.69, 9.17) is 5.73 Å². The lowest BCUT2D eigenvalue weighted by molar-refractivity contribution is -0.114. The van der Waals surface area contributed by atoms with Crippen LogP contribution in [0.1, 0.15) is 17.5 Å². The Morgan fingerprint density at radius 2 is 2.13 bits per heavy atom. The maximum absolute atomic E-state index is 12.6. The molecule has 0 aliphatic rings. The van der Waals surface area contributed by atoms with E-state index in [2.05, 4.69) is 20.6 Å². The van der Waals surface area contributed by atoms with Crippen molar-refractivity contribution >= 4 is 34.4 Å². The van der Waals surface area contributed by atoms with Crippen molar-refractivity contribution in [1.82, 2.24) is 24.5 Å². The molecule has 3 aromatic rings. The minimum Gasteiger partial charge on any atom is -0.399 e. The van der Waals surface area contributed by atoms with E-state index in [0.717, 1.165) is 0 Å². The smallest absolute Gasteiger partial charge is 0.254 e. The molecule has 2 heterocycles. The Bertz CT molecular complexity index is 909. The first kappa shape index (κ1) is 14.7. The van der Waals surface area contributed by atoms with E-state index in [9.17, 15) is 9.59 Å². The Balaban J connectivity index is 1.89. The van der Waals surface area contributed by atoms with Gasteiger partial charge in [-0.3, -0.25) is 14.2 Å². The molecule has 0 aliphatic heterocycles. The van der Waals surface area contributed by atoms with Gasteiger partial charge < -0.3 is 11.1 Å². The van der Waals surface area contributed by atoms with Gasteiger partial charge in [0.1, 0.15) is 12.4 Å².